The maximum Gasteiger partial charge on any atom is 0.147 e. The van der Waals surface area contributed by atoms with Crippen LogP contribution in [0.3, 0.4) is 0 Å². The first-order chi connectivity index (χ1) is 7.46. The van der Waals surface area contributed by atoms with Crippen LogP contribution in [0.2, 0.25) is 0 Å². The lowest BCUT2D eigenvalue weighted by Gasteiger charge is -2.06. The molecule has 0 bridgehead atoms. The van der Waals surface area contributed by atoms with Gasteiger partial charge in [0.05, 0.1) is 0 Å². The first-order valence-corrected chi connectivity index (χ1v) is 8.46. The molecule has 2 saturated heterocycles. The molecule has 0 saturated carbocycles. The Morgan fingerprint density at radius 2 is 1.25 bits per heavy atom. The highest BCUT2D eigenvalue weighted by Crippen LogP contribution is 2.49. The molecule has 0 amide bonds. The number of ether oxygens (including phenoxy) is 2. The number of rotatable bonds is 7. The van der Waals surface area contributed by atoms with Gasteiger partial charge < -0.3 is 9.47 Å². The molecule has 0 aliphatic carbocycles. The normalized spacial score (nSPS) is 45.8. The minimum Gasteiger partial charge on any atom is -0.343 e. The molecule has 0 spiro atoms. The van der Waals surface area contributed by atoms with Crippen LogP contribution in [-0.2, 0) is 9.47 Å². The van der Waals surface area contributed by atoms with Crippen molar-refractivity contribution in [3.05, 3.63) is 0 Å². The molecule has 4 unspecified atom stereocenters. The zero-order chi connectivity index (χ0) is 11.8. The van der Waals surface area contributed by atoms with E-state index in [1.165, 1.54) is 12.8 Å². The second-order valence-corrected chi connectivity index (χ2v) is 8.33. The Bertz CT molecular complexity index is 239. The van der Waals surface area contributed by atoms with Gasteiger partial charge in [0.2, 0.25) is 0 Å². The van der Waals surface area contributed by atoms with Crippen molar-refractivity contribution in [2.24, 2.45) is 0 Å². The van der Waals surface area contributed by atoms with Gasteiger partial charge in [0.1, 0.15) is 20.7 Å². The highest BCUT2D eigenvalue weighted by atomic mass is 32.2. The Morgan fingerprint density at radius 1 is 0.938 bits per heavy atom. The summed E-state index contributed by atoms with van der Waals surface area (Å²) in [6.07, 6.45) is 2.45. The molecular formula is C10H18O2S4. The van der Waals surface area contributed by atoms with E-state index in [0.29, 0.717) is 0 Å². The molecule has 2 nitrogen and oxygen atoms in total. The van der Waals surface area contributed by atoms with Crippen LogP contribution < -0.4 is 0 Å². The SMILES string of the molecule is CC1(SCCCCSC2(C)OC2S)OC1S. The summed E-state index contributed by atoms with van der Waals surface area (Å²) < 4.78 is 10.8. The van der Waals surface area contributed by atoms with Crippen LogP contribution in [0.15, 0.2) is 0 Å². The lowest BCUT2D eigenvalue weighted by Crippen LogP contribution is -2.03. The van der Waals surface area contributed by atoms with Gasteiger partial charge >= 0.3 is 0 Å². The van der Waals surface area contributed by atoms with Gasteiger partial charge in [0.25, 0.3) is 0 Å². The molecule has 2 heterocycles. The van der Waals surface area contributed by atoms with Crippen LogP contribution >= 0.6 is 48.8 Å². The molecule has 6 heteroatoms. The Kier molecular flexibility index (Phi) is 4.41. The fourth-order valence-electron chi connectivity index (χ4n) is 1.34. The minimum atomic E-state index is -0.0158. The number of thiol groups is 2. The minimum absolute atomic E-state index is 0.0158. The molecule has 4 atom stereocenters. The van der Waals surface area contributed by atoms with E-state index in [1.54, 1.807) is 0 Å². The van der Waals surface area contributed by atoms with E-state index in [1.807, 2.05) is 23.5 Å². The molecule has 0 radical (unpaired) electrons. The van der Waals surface area contributed by atoms with Crippen molar-refractivity contribution in [3.8, 4) is 0 Å². The van der Waals surface area contributed by atoms with E-state index in [4.69, 9.17) is 9.47 Å². The van der Waals surface area contributed by atoms with Crippen LogP contribution in [0.1, 0.15) is 26.7 Å². The third kappa shape index (κ3) is 3.42. The Hall–Kier alpha value is 1.32. The summed E-state index contributed by atoms with van der Waals surface area (Å²) in [5, 5.41) is 0. The van der Waals surface area contributed by atoms with E-state index in [0.717, 1.165) is 11.5 Å². The van der Waals surface area contributed by atoms with Crippen molar-refractivity contribution in [2.75, 3.05) is 11.5 Å². The molecular weight excluding hydrogens is 280 g/mol. The molecule has 2 aliphatic rings. The predicted molar refractivity (Wildman–Crippen MR) is 78.7 cm³/mol. The highest BCUT2D eigenvalue weighted by molar-refractivity contribution is 8.02. The lowest BCUT2D eigenvalue weighted by molar-refractivity contribution is 0.393. The summed E-state index contributed by atoms with van der Waals surface area (Å²) in [6, 6.07) is 0. The summed E-state index contributed by atoms with van der Waals surface area (Å²) in [5.41, 5.74) is 0.270. The first-order valence-electron chi connectivity index (χ1n) is 5.46. The summed E-state index contributed by atoms with van der Waals surface area (Å²) in [5.74, 6) is 2.30. The topological polar surface area (TPSA) is 25.1 Å². The fourth-order valence-corrected chi connectivity index (χ4v) is 4.49. The second-order valence-electron chi connectivity index (χ2n) is 4.38. The summed E-state index contributed by atoms with van der Waals surface area (Å²) >= 11 is 12.3. The summed E-state index contributed by atoms with van der Waals surface area (Å²) in [7, 11) is 0. The van der Waals surface area contributed by atoms with E-state index < -0.39 is 0 Å². The van der Waals surface area contributed by atoms with Crippen LogP contribution in [-0.4, -0.2) is 32.2 Å². The Labute approximate surface area is 117 Å². The van der Waals surface area contributed by atoms with Crippen LogP contribution in [0.4, 0.5) is 0 Å². The first kappa shape index (κ1) is 13.7. The summed E-state index contributed by atoms with van der Waals surface area (Å²) in [4.78, 5) is -0.0317. The van der Waals surface area contributed by atoms with Gasteiger partial charge in [-0.15, -0.1) is 48.8 Å². The van der Waals surface area contributed by atoms with Gasteiger partial charge in [0.15, 0.2) is 0 Å². The van der Waals surface area contributed by atoms with Gasteiger partial charge in [-0.05, 0) is 38.2 Å². The fraction of sp³-hybridized carbons (Fsp3) is 1.00. The molecule has 16 heavy (non-hydrogen) atoms. The van der Waals surface area contributed by atoms with E-state index in [2.05, 4.69) is 39.1 Å². The number of thioether (sulfide) groups is 2. The molecule has 0 aromatic rings. The van der Waals surface area contributed by atoms with Gasteiger partial charge in [-0.25, -0.2) is 0 Å². The van der Waals surface area contributed by atoms with E-state index in [9.17, 15) is 0 Å². The third-order valence-electron chi connectivity index (χ3n) is 2.79. The number of hydrogen-bond donors (Lipinski definition) is 2. The quantitative estimate of drug-likeness (QED) is 0.428. The maximum absolute atomic E-state index is 5.38. The van der Waals surface area contributed by atoms with Gasteiger partial charge in [-0.2, -0.15) is 0 Å². The van der Waals surface area contributed by atoms with Gasteiger partial charge in [-0.1, -0.05) is 0 Å². The zero-order valence-corrected chi connectivity index (χ0v) is 12.9. The smallest absolute Gasteiger partial charge is 0.147 e. The van der Waals surface area contributed by atoms with Crippen LogP contribution in [0, 0.1) is 0 Å². The molecule has 2 aliphatic heterocycles. The van der Waals surface area contributed by atoms with E-state index in [-0.39, 0.29) is 20.7 Å². The number of epoxide rings is 2. The van der Waals surface area contributed by atoms with Crippen molar-refractivity contribution in [1.29, 1.82) is 0 Å². The Balaban J connectivity index is 1.44. The van der Waals surface area contributed by atoms with E-state index >= 15 is 0 Å². The van der Waals surface area contributed by atoms with Crippen molar-refractivity contribution >= 4 is 48.8 Å². The zero-order valence-electron chi connectivity index (χ0n) is 9.51. The van der Waals surface area contributed by atoms with Crippen LogP contribution in [0.5, 0.6) is 0 Å². The second kappa shape index (κ2) is 5.13. The van der Waals surface area contributed by atoms with Crippen molar-refractivity contribution in [2.45, 2.75) is 47.4 Å². The predicted octanol–water partition coefficient (Wildman–Crippen LogP) is 3.24. The average molecular weight is 299 g/mol. The molecule has 2 rings (SSSR count). The van der Waals surface area contributed by atoms with Gasteiger partial charge in [0, 0.05) is 0 Å². The van der Waals surface area contributed by atoms with Crippen LogP contribution in [0.25, 0.3) is 0 Å². The molecule has 94 valence electrons. The largest absolute Gasteiger partial charge is 0.343 e. The number of unbranched alkanes of at least 4 members (excludes halogenated alkanes) is 1. The summed E-state index contributed by atoms with van der Waals surface area (Å²) in [6.45, 7) is 4.21. The van der Waals surface area contributed by atoms with Crippen molar-refractivity contribution in [1.82, 2.24) is 0 Å². The average Bonchev–Trinajstić information content (AvgIpc) is 3.00. The third-order valence-corrected chi connectivity index (χ3v) is 7.09. The van der Waals surface area contributed by atoms with Gasteiger partial charge in [-0.3, -0.25) is 0 Å². The Morgan fingerprint density at radius 3 is 1.50 bits per heavy atom. The number of hydrogen-bond acceptors (Lipinski definition) is 6. The molecule has 0 N–H and O–H groups in total. The van der Waals surface area contributed by atoms with Crippen molar-refractivity contribution in [3.63, 3.8) is 0 Å². The van der Waals surface area contributed by atoms with Crippen molar-refractivity contribution < 1.29 is 9.47 Å². The highest BCUT2D eigenvalue weighted by Gasteiger charge is 2.51. The standard InChI is InChI=1S/C10H18O2S4/c1-9(7(13)11-9)15-5-3-4-6-16-10(2)8(14)12-10/h7-8,13-14H,3-6H2,1-2H3. The molecule has 2 fully saturated rings. The maximum atomic E-state index is 5.38. The molecule has 0 aromatic carbocycles. The monoisotopic (exact) mass is 298 g/mol. The molecule has 0 aromatic heterocycles. The lowest BCUT2D eigenvalue weighted by atomic mass is 10.4.